The third kappa shape index (κ3) is 6.29. The quantitative estimate of drug-likeness (QED) is 0.770. The van der Waals surface area contributed by atoms with E-state index in [1.54, 1.807) is 6.07 Å². The second kappa shape index (κ2) is 8.29. The zero-order chi connectivity index (χ0) is 15.8. The summed E-state index contributed by atoms with van der Waals surface area (Å²) < 4.78 is 5.39. The van der Waals surface area contributed by atoms with Gasteiger partial charge in [-0.15, -0.1) is 0 Å². The molecule has 0 radical (unpaired) electrons. The molecule has 0 unspecified atom stereocenters. The Hall–Kier alpha value is -2.04. The number of rotatable bonds is 8. The highest BCUT2D eigenvalue weighted by Crippen LogP contribution is 2.13. The number of carboxylic acids is 1. The van der Waals surface area contributed by atoms with Crippen molar-refractivity contribution in [3.63, 3.8) is 0 Å². The molecule has 0 aliphatic heterocycles. The molecule has 0 fully saturated rings. The van der Waals surface area contributed by atoms with E-state index in [-0.39, 0.29) is 12.5 Å². The van der Waals surface area contributed by atoms with E-state index < -0.39 is 17.9 Å². The highest BCUT2D eigenvalue weighted by Gasteiger charge is 2.21. The molecule has 0 saturated heterocycles. The van der Waals surface area contributed by atoms with Crippen molar-refractivity contribution in [2.75, 3.05) is 6.61 Å². The maximum atomic E-state index is 11.8. The lowest BCUT2D eigenvalue weighted by atomic mass is 10.0. The summed E-state index contributed by atoms with van der Waals surface area (Å²) in [6.07, 6.45) is 1.28. The molecule has 2 N–H and O–H groups in total. The predicted molar refractivity (Wildman–Crippen MR) is 80.3 cm³/mol. The van der Waals surface area contributed by atoms with Crippen molar-refractivity contribution < 1.29 is 19.4 Å². The number of hydrogen-bond acceptors (Lipinski definition) is 3. The minimum Gasteiger partial charge on any atom is -0.484 e. The van der Waals surface area contributed by atoms with Crippen LogP contribution in [-0.4, -0.2) is 29.6 Å². The Morgan fingerprint density at radius 3 is 2.62 bits per heavy atom. The van der Waals surface area contributed by atoms with Crippen molar-refractivity contribution in [1.82, 2.24) is 5.32 Å². The molecule has 1 rings (SSSR count). The van der Waals surface area contributed by atoms with E-state index in [4.69, 9.17) is 9.84 Å². The van der Waals surface area contributed by atoms with E-state index in [9.17, 15) is 9.59 Å². The van der Waals surface area contributed by atoms with Gasteiger partial charge in [-0.2, -0.15) is 0 Å². The van der Waals surface area contributed by atoms with Crippen LogP contribution in [-0.2, 0) is 16.0 Å². The number of nitrogens with one attached hydrogen (secondary N) is 1. The van der Waals surface area contributed by atoms with E-state index in [0.717, 1.165) is 12.0 Å². The van der Waals surface area contributed by atoms with Gasteiger partial charge in [0.25, 0.3) is 5.91 Å². The van der Waals surface area contributed by atoms with Crippen LogP contribution in [0.1, 0.15) is 32.8 Å². The molecule has 0 saturated carbocycles. The molecule has 0 aliphatic carbocycles. The summed E-state index contributed by atoms with van der Waals surface area (Å²) in [4.78, 5) is 22.8. The zero-order valence-corrected chi connectivity index (χ0v) is 12.8. The Balaban J connectivity index is 2.50. The van der Waals surface area contributed by atoms with Gasteiger partial charge in [0.05, 0.1) is 0 Å². The summed E-state index contributed by atoms with van der Waals surface area (Å²) in [7, 11) is 0. The number of amides is 1. The van der Waals surface area contributed by atoms with Crippen LogP contribution in [0.5, 0.6) is 5.75 Å². The van der Waals surface area contributed by atoms with Gasteiger partial charge in [0.2, 0.25) is 0 Å². The summed E-state index contributed by atoms with van der Waals surface area (Å²) in [5.74, 6) is -0.649. The maximum absolute atomic E-state index is 11.8. The monoisotopic (exact) mass is 293 g/mol. The van der Waals surface area contributed by atoms with Crippen molar-refractivity contribution in [3.05, 3.63) is 29.8 Å². The molecule has 0 spiro atoms. The van der Waals surface area contributed by atoms with E-state index >= 15 is 0 Å². The summed E-state index contributed by atoms with van der Waals surface area (Å²) >= 11 is 0. The van der Waals surface area contributed by atoms with Crippen molar-refractivity contribution in [2.45, 2.75) is 39.7 Å². The minimum atomic E-state index is -1.02. The molecule has 0 aromatic heterocycles. The Morgan fingerprint density at radius 1 is 1.33 bits per heavy atom. The van der Waals surface area contributed by atoms with Crippen LogP contribution >= 0.6 is 0 Å². The first-order chi connectivity index (χ1) is 9.92. The highest BCUT2D eigenvalue weighted by atomic mass is 16.5. The van der Waals surface area contributed by atoms with E-state index in [1.807, 2.05) is 39.0 Å². The molecular formula is C16H23NO4. The van der Waals surface area contributed by atoms with E-state index in [2.05, 4.69) is 5.32 Å². The van der Waals surface area contributed by atoms with Crippen molar-refractivity contribution in [3.8, 4) is 5.75 Å². The number of benzene rings is 1. The lowest BCUT2D eigenvalue weighted by Crippen LogP contribution is -2.43. The van der Waals surface area contributed by atoms with Gasteiger partial charge in [-0.05, 0) is 36.5 Å². The summed E-state index contributed by atoms with van der Waals surface area (Å²) in [5, 5.41) is 11.6. The van der Waals surface area contributed by atoms with Crippen LogP contribution < -0.4 is 10.1 Å². The van der Waals surface area contributed by atoms with Crippen LogP contribution in [0.2, 0.25) is 0 Å². The van der Waals surface area contributed by atoms with Gasteiger partial charge in [-0.1, -0.05) is 32.9 Å². The first-order valence-corrected chi connectivity index (χ1v) is 7.16. The Bertz CT molecular complexity index is 485. The molecule has 1 aromatic carbocycles. The predicted octanol–water partition coefficient (Wildman–Crippen LogP) is 2.24. The Kier molecular flexibility index (Phi) is 6.72. The van der Waals surface area contributed by atoms with Crippen molar-refractivity contribution >= 4 is 11.9 Å². The summed E-state index contributed by atoms with van der Waals surface area (Å²) in [6, 6.07) is 6.62. The standard InChI is InChI=1S/C16H23NO4/c1-4-12-6-5-7-13(9-12)21-10-15(18)17-14(16(19)20)8-11(2)3/h5-7,9,11,14H,4,8,10H2,1-3H3,(H,17,18)(H,19,20)/t14-/m0/s1. The molecule has 1 amide bonds. The fourth-order valence-electron chi connectivity index (χ4n) is 1.93. The lowest BCUT2D eigenvalue weighted by molar-refractivity contribution is -0.142. The molecule has 21 heavy (non-hydrogen) atoms. The minimum absolute atomic E-state index is 0.185. The normalized spacial score (nSPS) is 12.0. The van der Waals surface area contributed by atoms with Gasteiger partial charge in [-0.3, -0.25) is 4.79 Å². The van der Waals surface area contributed by atoms with Crippen LogP contribution in [0.25, 0.3) is 0 Å². The third-order valence-corrected chi connectivity index (χ3v) is 3.02. The Morgan fingerprint density at radius 2 is 2.05 bits per heavy atom. The van der Waals surface area contributed by atoms with Crippen molar-refractivity contribution in [2.24, 2.45) is 5.92 Å². The first-order valence-electron chi connectivity index (χ1n) is 7.16. The molecule has 1 aromatic rings. The average molecular weight is 293 g/mol. The van der Waals surface area contributed by atoms with Crippen LogP contribution in [0, 0.1) is 5.92 Å². The SMILES string of the molecule is CCc1cccc(OCC(=O)N[C@@H](CC(C)C)C(=O)O)c1. The van der Waals surface area contributed by atoms with Crippen LogP contribution in [0.4, 0.5) is 0 Å². The number of hydrogen-bond donors (Lipinski definition) is 2. The molecular weight excluding hydrogens is 270 g/mol. The number of ether oxygens (including phenoxy) is 1. The first kappa shape index (κ1) is 17.0. The highest BCUT2D eigenvalue weighted by molar-refractivity contribution is 5.84. The largest absolute Gasteiger partial charge is 0.484 e. The molecule has 0 heterocycles. The van der Waals surface area contributed by atoms with Gasteiger partial charge in [0.15, 0.2) is 6.61 Å². The molecule has 1 atom stereocenters. The van der Waals surface area contributed by atoms with Crippen LogP contribution in [0.15, 0.2) is 24.3 Å². The fourth-order valence-corrected chi connectivity index (χ4v) is 1.93. The summed E-state index contributed by atoms with van der Waals surface area (Å²) in [5.41, 5.74) is 1.12. The Labute approximate surface area is 125 Å². The molecule has 116 valence electrons. The second-order valence-electron chi connectivity index (χ2n) is 5.38. The number of carbonyl (C=O) groups excluding carboxylic acids is 1. The van der Waals surface area contributed by atoms with E-state index in [1.165, 1.54) is 0 Å². The number of aryl methyl sites for hydroxylation is 1. The summed E-state index contributed by atoms with van der Waals surface area (Å²) in [6.45, 7) is 5.67. The topological polar surface area (TPSA) is 75.6 Å². The zero-order valence-electron chi connectivity index (χ0n) is 12.8. The second-order valence-corrected chi connectivity index (χ2v) is 5.38. The fraction of sp³-hybridized carbons (Fsp3) is 0.500. The van der Waals surface area contributed by atoms with Crippen LogP contribution in [0.3, 0.4) is 0 Å². The van der Waals surface area contributed by atoms with Gasteiger partial charge >= 0.3 is 5.97 Å². The maximum Gasteiger partial charge on any atom is 0.326 e. The van der Waals surface area contributed by atoms with Gasteiger partial charge in [0.1, 0.15) is 11.8 Å². The molecule has 0 aliphatic rings. The molecule has 0 bridgehead atoms. The number of aliphatic carboxylic acids is 1. The lowest BCUT2D eigenvalue weighted by Gasteiger charge is -2.16. The molecule has 5 nitrogen and oxygen atoms in total. The average Bonchev–Trinajstić information content (AvgIpc) is 2.44. The van der Waals surface area contributed by atoms with Gasteiger partial charge < -0.3 is 15.2 Å². The van der Waals surface area contributed by atoms with E-state index in [0.29, 0.717) is 12.2 Å². The van der Waals surface area contributed by atoms with Crippen molar-refractivity contribution in [1.29, 1.82) is 0 Å². The number of carboxylic acid groups (broad SMARTS) is 1. The molecule has 5 heteroatoms. The van der Waals surface area contributed by atoms with Gasteiger partial charge in [-0.25, -0.2) is 4.79 Å². The third-order valence-electron chi connectivity index (χ3n) is 3.02. The smallest absolute Gasteiger partial charge is 0.326 e. The van der Waals surface area contributed by atoms with Gasteiger partial charge in [0, 0.05) is 0 Å². The number of carbonyl (C=O) groups is 2.